The van der Waals surface area contributed by atoms with Gasteiger partial charge >= 0.3 is 0 Å². The molecule has 1 fully saturated rings. The van der Waals surface area contributed by atoms with E-state index in [0.717, 1.165) is 32.6 Å². The van der Waals surface area contributed by atoms with Crippen LogP contribution in [-0.4, -0.2) is 43.6 Å². The Kier molecular flexibility index (Phi) is 6.67. The number of para-hydroxylation sites is 1. The molecule has 2 rings (SSSR count). The first kappa shape index (κ1) is 15.8. The Morgan fingerprint density at radius 1 is 1.32 bits per heavy atom. The van der Waals surface area contributed by atoms with Crippen LogP contribution in [0.4, 0.5) is 0 Å². The molecule has 1 aromatic carbocycles. The zero-order valence-corrected chi connectivity index (χ0v) is 12.0. The number of nitrogens with one attached hydrogen (secondary N) is 1. The van der Waals surface area contributed by atoms with Gasteiger partial charge in [0.25, 0.3) is 5.91 Å². The standard InChI is InChI=1S/C14H20N2O2.ClH/c1-2-18-13-7-4-3-6-12(13)14(17)16-10-5-8-15-9-11-16;/h3-4,6-7,15H,2,5,8-11H2,1H3;1H. The van der Waals surface area contributed by atoms with E-state index in [4.69, 9.17) is 4.74 Å². The molecule has 1 amide bonds. The summed E-state index contributed by atoms with van der Waals surface area (Å²) in [6.45, 7) is 5.92. The van der Waals surface area contributed by atoms with Crippen molar-refractivity contribution in [2.24, 2.45) is 0 Å². The van der Waals surface area contributed by atoms with Crippen LogP contribution in [-0.2, 0) is 0 Å². The molecule has 0 aromatic heterocycles. The lowest BCUT2D eigenvalue weighted by Gasteiger charge is -2.21. The fraction of sp³-hybridized carbons (Fsp3) is 0.500. The van der Waals surface area contributed by atoms with Crippen LogP contribution in [0.1, 0.15) is 23.7 Å². The van der Waals surface area contributed by atoms with Crippen molar-refractivity contribution < 1.29 is 9.53 Å². The molecule has 0 spiro atoms. The highest BCUT2D eigenvalue weighted by Gasteiger charge is 2.19. The minimum absolute atomic E-state index is 0. The molecule has 0 atom stereocenters. The first-order valence-electron chi connectivity index (χ1n) is 6.54. The Hall–Kier alpha value is -1.26. The molecule has 0 saturated carbocycles. The highest BCUT2D eigenvalue weighted by molar-refractivity contribution is 5.97. The summed E-state index contributed by atoms with van der Waals surface area (Å²) >= 11 is 0. The number of nitrogens with zero attached hydrogens (tertiary/aromatic N) is 1. The molecular formula is C14H21ClN2O2. The van der Waals surface area contributed by atoms with Gasteiger partial charge in [0, 0.05) is 19.6 Å². The monoisotopic (exact) mass is 284 g/mol. The van der Waals surface area contributed by atoms with Crippen molar-refractivity contribution in [1.82, 2.24) is 10.2 Å². The van der Waals surface area contributed by atoms with Gasteiger partial charge in [-0.3, -0.25) is 4.79 Å². The van der Waals surface area contributed by atoms with Gasteiger partial charge in [0.15, 0.2) is 0 Å². The molecule has 0 aliphatic carbocycles. The summed E-state index contributed by atoms with van der Waals surface area (Å²) in [6.07, 6.45) is 1.00. The van der Waals surface area contributed by atoms with Crippen LogP contribution in [0.15, 0.2) is 24.3 Å². The molecule has 4 nitrogen and oxygen atoms in total. The van der Waals surface area contributed by atoms with Crippen molar-refractivity contribution in [3.8, 4) is 5.75 Å². The van der Waals surface area contributed by atoms with Crippen LogP contribution in [0, 0.1) is 0 Å². The summed E-state index contributed by atoms with van der Waals surface area (Å²) < 4.78 is 5.52. The van der Waals surface area contributed by atoms with Gasteiger partial charge in [-0.05, 0) is 32.0 Å². The minimum atomic E-state index is 0. The number of hydrogen-bond acceptors (Lipinski definition) is 3. The maximum Gasteiger partial charge on any atom is 0.257 e. The smallest absolute Gasteiger partial charge is 0.257 e. The molecule has 5 heteroatoms. The Morgan fingerprint density at radius 2 is 2.11 bits per heavy atom. The predicted molar refractivity (Wildman–Crippen MR) is 78.2 cm³/mol. The Labute approximate surface area is 120 Å². The van der Waals surface area contributed by atoms with Crippen molar-refractivity contribution >= 4 is 18.3 Å². The van der Waals surface area contributed by atoms with Crippen LogP contribution in [0.2, 0.25) is 0 Å². The van der Waals surface area contributed by atoms with Gasteiger partial charge in [0.2, 0.25) is 0 Å². The first-order valence-corrected chi connectivity index (χ1v) is 6.54. The summed E-state index contributed by atoms with van der Waals surface area (Å²) in [5.41, 5.74) is 0.668. The average Bonchev–Trinajstić information content (AvgIpc) is 2.68. The molecule has 1 aliphatic rings. The molecule has 0 radical (unpaired) electrons. The van der Waals surface area contributed by atoms with Crippen LogP contribution < -0.4 is 10.1 Å². The fourth-order valence-electron chi connectivity index (χ4n) is 2.14. The van der Waals surface area contributed by atoms with E-state index in [1.54, 1.807) is 0 Å². The van der Waals surface area contributed by atoms with Crippen molar-refractivity contribution in [3.63, 3.8) is 0 Å². The van der Waals surface area contributed by atoms with E-state index in [-0.39, 0.29) is 18.3 Å². The van der Waals surface area contributed by atoms with Gasteiger partial charge in [0.1, 0.15) is 5.75 Å². The summed E-state index contributed by atoms with van der Waals surface area (Å²) in [7, 11) is 0. The average molecular weight is 285 g/mol. The second kappa shape index (κ2) is 8.02. The number of amides is 1. The lowest BCUT2D eigenvalue weighted by molar-refractivity contribution is 0.0762. The molecular weight excluding hydrogens is 264 g/mol. The Bertz CT molecular complexity index is 404. The number of ether oxygens (including phenoxy) is 1. The molecule has 19 heavy (non-hydrogen) atoms. The molecule has 0 bridgehead atoms. The quantitative estimate of drug-likeness (QED) is 0.922. The summed E-state index contributed by atoms with van der Waals surface area (Å²) in [6, 6.07) is 7.47. The van der Waals surface area contributed by atoms with Gasteiger partial charge in [-0.25, -0.2) is 0 Å². The zero-order valence-electron chi connectivity index (χ0n) is 11.2. The molecule has 106 valence electrons. The fourth-order valence-corrected chi connectivity index (χ4v) is 2.14. The highest BCUT2D eigenvalue weighted by atomic mass is 35.5. The lowest BCUT2D eigenvalue weighted by Crippen LogP contribution is -2.34. The van der Waals surface area contributed by atoms with E-state index in [1.165, 1.54) is 0 Å². The summed E-state index contributed by atoms with van der Waals surface area (Å²) in [5, 5.41) is 3.30. The largest absolute Gasteiger partial charge is 0.493 e. The second-order valence-corrected chi connectivity index (χ2v) is 4.32. The molecule has 1 N–H and O–H groups in total. The number of rotatable bonds is 3. The molecule has 1 heterocycles. The van der Waals surface area contributed by atoms with E-state index in [0.29, 0.717) is 17.9 Å². The van der Waals surface area contributed by atoms with Gasteiger partial charge in [-0.1, -0.05) is 12.1 Å². The van der Waals surface area contributed by atoms with Crippen LogP contribution in [0.5, 0.6) is 5.75 Å². The highest BCUT2D eigenvalue weighted by Crippen LogP contribution is 2.20. The van der Waals surface area contributed by atoms with Crippen LogP contribution >= 0.6 is 12.4 Å². The van der Waals surface area contributed by atoms with Crippen molar-refractivity contribution in [2.45, 2.75) is 13.3 Å². The number of benzene rings is 1. The normalized spacial score (nSPS) is 15.3. The SMILES string of the molecule is CCOc1ccccc1C(=O)N1CCCNCC1.Cl. The first-order chi connectivity index (χ1) is 8.83. The molecule has 1 aromatic rings. The molecule has 0 unspecified atom stereocenters. The summed E-state index contributed by atoms with van der Waals surface area (Å²) in [5.74, 6) is 0.755. The van der Waals surface area contributed by atoms with Crippen molar-refractivity contribution in [3.05, 3.63) is 29.8 Å². The lowest BCUT2D eigenvalue weighted by atomic mass is 10.1. The minimum Gasteiger partial charge on any atom is -0.493 e. The Morgan fingerprint density at radius 3 is 2.89 bits per heavy atom. The maximum atomic E-state index is 12.5. The van der Waals surface area contributed by atoms with Gasteiger partial charge < -0.3 is 15.0 Å². The number of hydrogen-bond donors (Lipinski definition) is 1. The van der Waals surface area contributed by atoms with Gasteiger partial charge in [0.05, 0.1) is 12.2 Å². The third-order valence-corrected chi connectivity index (χ3v) is 3.04. The Balaban J connectivity index is 0.00000180. The van der Waals surface area contributed by atoms with E-state index < -0.39 is 0 Å². The van der Waals surface area contributed by atoms with Crippen molar-refractivity contribution in [1.29, 1.82) is 0 Å². The van der Waals surface area contributed by atoms with Crippen molar-refractivity contribution in [2.75, 3.05) is 32.8 Å². The zero-order chi connectivity index (χ0) is 12.8. The van der Waals surface area contributed by atoms with E-state index in [1.807, 2.05) is 36.1 Å². The van der Waals surface area contributed by atoms with E-state index in [2.05, 4.69) is 5.32 Å². The van der Waals surface area contributed by atoms with Gasteiger partial charge in [-0.2, -0.15) is 0 Å². The van der Waals surface area contributed by atoms with Crippen LogP contribution in [0.3, 0.4) is 0 Å². The molecule has 1 aliphatic heterocycles. The number of carbonyl (C=O) groups excluding carboxylic acids is 1. The number of carbonyl (C=O) groups is 1. The number of halogens is 1. The topological polar surface area (TPSA) is 41.6 Å². The van der Waals surface area contributed by atoms with Crippen LogP contribution in [0.25, 0.3) is 0 Å². The molecule has 1 saturated heterocycles. The second-order valence-electron chi connectivity index (χ2n) is 4.32. The third-order valence-electron chi connectivity index (χ3n) is 3.04. The van der Waals surface area contributed by atoms with E-state index in [9.17, 15) is 4.79 Å². The maximum absolute atomic E-state index is 12.5. The summed E-state index contributed by atoms with van der Waals surface area (Å²) in [4.78, 5) is 14.4. The van der Waals surface area contributed by atoms with Gasteiger partial charge in [-0.15, -0.1) is 12.4 Å². The predicted octanol–water partition coefficient (Wildman–Crippen LogP) is 1.94. The third kappa shape index (κ3) is 4.11. The van der Waals surface area contributed by atoms with E-state index >= 15 is 0 Å².